The van der Waals surface area contributed by atoms with Gasteiger partial charge in [-0.05, 0) is 24.9 Å². The molecule has 1 aromatic carbocycles. The Balaban J connectivity index is 0.00000208. The van der Waals surface area contributed by atoms with E-state index in [2.05, 4.69) is 39.1 Å². The van der Waals surface area contributed by atoms with Crippen molar-refractivity contribution in [3.8, 4) is 0 Å². The van der Waals surface area contributed by atoms with Crippen molar-refractivity contribution in [2.45, 2.75) is 12.8 Å². The van der Waals surface area contributed by atoms with Gasteiger partial charge in [0, 0.05) is 38.6 Å². The molecule has 1 aromatic heterocycles. The standard InChI is InChI=1S/C18H22N4O.ClH/c23-18(17-13-19-15-20-14-17)22-9-4-8-21(11-12-22)10-7-16-5-2-1-3-6-16;/h1-3,5-6,13-15H,4,7-12H2;1H. The van der Waals surface area contributed by atoms with Crippen LogP contribution in [0.2, 0.25) is 0 Å². The third-order valence-corrected chi connectivity index (χ3v) is 4.24. The molecule has 1 aliphatic heterocycles. The van der Waals surface area contributed by atoms with E-state index in [9.17, 15) is 4.79 Å². The van der Waals surface area contributed by atoms with Crippen LogP contribution < -0.4 is 0 Å². The maximum absolute atomic E-state index is 12.5. The molecule has 6 heteroatoms. The van der Waals surface area contributed by atoms with E-state index in [4.69, 9.17) is 0 Å². The summed E-state index contributed by atoms with van der Waals surface area (Å²) >= 11 is 0. The van der Waals surface area contributed by atoms with Crippen molar-refractivity contribution in [1.29, 1.82) is 0 Å². The molecule has 3 rings (SSSR count). The Labute approximate surface area is 149 Å². The van der Waals surface area contributed by atoms with E-state index >= 15 is 0 Å². The molecular formula is C18H23ClN4O. The first kappa shape index (κ1) is 18.4. The summed E-state index contributed by atoms with van der Waals surface area (Å²) in [7, 11) is 0. The van der Waals surface area contributed by atoms with Crippen LogP contribution in [-0.2, 0) is 6.42 Å². The Morgan fingerprint density at radius 2 is 1.75 bits per heavy atom. The van der Waals surface area contributed by atoms with Crippen molar-refractivity contribution in [2.24, 2.45) is 0 Å². The van der Waals surface area contributed by atoms with E-state index in [1.54, 1.807) is 12.4 Å². The minimum Gasteiger partial charge on any atom is -0.337 e. The van der Waals surface area contributed by atoms with Crippen LogP contribution in [0.3, 0.4) is 0 Å². The summed E-state index contributed by atoms with van der Waals surface area (Å²) < 4.78 is 0. The lowest BCUT2D eigenvalue weighted by molar-refractivity contribution is 0.0760. The van der Waals surface area contributed by atoms with Crippen LogP contribution in [0.1, 0.15) is 22.3 Å². The summed E-state index contributed by atoms with van der Waals surface area (Å²) in [4.78, 5) is 24.7. The molecule has 0 saturated carbocycles. The van der Waals surface area contributed by atoms with Gasteiger partial charge in [-0.25, -0.2) is 9.97 Å². The van der Waals surface area contributed by atoms with Gasteiger partial charge in [0.2, 0.25) is 0 Å². The third kappa shape index (κ3) is 5.01. The molecule has 24 heavy (non-hydrogen) atoms. The quantitative estimate of drug-likeness (QED) is 0.852. The lowest BCUT2D eigenvalue weighted by Crippen LogP contribution is -2.35. The molecule has 1 saturated heterocycles. The van der Waals surface area contributed by atoms with Gasteiger partial charge in [-0.1, -0.05) is 30.3 Å². The molecule has 5 nitrogen and oxygen atoms in total. The third-order valence-electron chi connectivity index (χ3n) is 4.24. The van der Waals surface area contributed by atoms with E-state index < -0.39 is 0 Å². The first-order chi connectivity index (χ1) is 11.3. The van der Waals surface area contributed by atoms with Gasteiger partial charge in [-0.15, -0.1) is 12.4 Å². The number of amides is 1. The smallest absolute Gasteiger partial charge is 0.257 e. The van der Waals surface area contributed by atoms with Gasteiger partial charge in [0.05, 0.1) is 5.56 Å². The van der Waals surface area contributed by atoms with Crippen molar-refractivity contribution in [3.63, 3.8) is 0 Å². The second kappa shape index (κ2) is 9.35. The van der Waals surface area contributed by atoms with Crippen molar-refractivity contribution < 1.29 is 4.79 Å². The van der Waals surface area contributed by atoms with Crippen molar-refractivity contribution >= 4 is 18.3 Å². The summed E-state index contributed by atoms with van der Waals surface area (Å²) in [5.74, 6) is 0.0375. The van der Waals surface area contributed by atoms with Crippen LogP contribution >= 0.6 is 12.4 Å². The van der Waals surface area contributed by atoms with Crippen LogP contribution in [0.5, 0.6) is 0 Å². The predicted molar refractivity (Wildman–Crippen MR) is 96.4 cm³/mol. The molecule has 0 radical (unpaired) electrons. The Kier molecular flexibility index (Phi) is 7.15. The predicted octanol–water partition coefficient (Wildman–Crippen LogP) is 2.29. The van der Waals surface area contributed by atoms with Gasteiger partial charge in [0.15, 0.2) is 0 Å². The minimum absolute atomic E-state index is 0. The molecule has 0 unspecified atom stereocenters. The second-order valence-electron chi connectivity index (χ2n) is 5.85. The van der Waals surface area contributed by atoms with Crippen LogP contribution in [-0.4, -0.2) is 58.4 Å². The minimum atomic E-state index is 0. The highest BCUT2D eigenvalue weighted by atomic mass is 35.5. The topological polar surface area (TPSA) is 49.3 Å². The Bertz CT molecular complexity index is 623. The lowest BCUT2D eigenvalue weighted by Gasteiger charge is -2.22. The van der Waals surface area contributed by atoms with Gasteiger partial charge >= 0.3 is 0 Å². The van der Waals surface area contributed by atoms with Gasteiger partial charge in [-0.2, -0.15) is 0 Å². The Hall–Kier alpha value is -1.98. The number of benzene rings is 1. The van der Waals surface area contributed by atoms with Crippen molar-refractivity contribution in [2.75, 3.05) is 32.7 Å². The number of carbonyl (C=O) groups is 1. The van der Waals surface area contributed by atoms with E-state index in [1.165, 1.54) is 11.9 Å². The van der Waals surface area contributed by atoms with E-state index in [1.807, 2.05) is 11.0 Å². The highest BCUT2D eigenvalue weighted by Crippen LogP contribution is 2.09. The zero-order valence-corrected chi connectivity index (χ0v) is 14.5. The summed E-state index contributed by atoms with van der Waals surface area (Å²) in [6.07, 6.45) is 6.70. The molecule has 0 atom stereocenters. The maximum Gasteiger partial charge on any atom is 0.257 e. The highest BCUT2D eigenvalue weighted by molar-refractivity contribution is 5.93. The molecule has 128 valence electrons. The summed E-state index contributed by atoms with van der Waals surface area (Å²) in [5.41, 5.74) is 1.94. The van der Waals surface area contributed by atoms with E-state index in [0.29, 0.717) is 5.56 Å². The molecule has 1 aliphatic rings. The average Bonchev–Trinajstić information content (AvgIpc) is 2.87. The van der Waals surface area contributed by atoms with Gasteiger partial charge in [-0.3, -0.25) is 4.79 Å². The fraction of sp³-hybridized carbons (Fsp3) is 0.389. The first-order valence-electron chi connectivity index (χ1n) is 8.13. The number of aromatic nitrogens is 2. The molecule has 0 N–H and O–H groups in total. The second-order valence-corrected chi connectivity index (χ2v) is 5.85. The molecule has 0 aliphatic carbocycles. The monoisotopic (exact) mass is 346 g/mol. The van der Waals surface area contributed by atoms with Crippen LogP contribution in [0, 0.1) is 0 Å². The van der Waals surface area contributed by atoms with Gasteiger partial charge in [0.1, 0.15) is 6.33 Å². The number of halogens is 1. The fourth-order valence-corrected chi connectivity index (χ4v) is 2.92. The van der Waals surface area contributed by atoms with Gasteiger partial charge in [0.25, 0.3) is 5.91 Å². The highest BCUT2D eigenvalue weighted by Gasteiger charge is 2.20. The summed E-state index contributed by atoms with van der Waals surface area (Å²) in [6, 6.07) is 10.6. The maximum atomic E-state index is 12.5. The first-order valence-corrected chi connectivity index (χ1v) is 8.13. The van der Waals surface area contributed by atoms with Crippen LogP contribution in [0.15, 0.2) is 49.1 Å². The number of hydrogen-bond acceptors (Lipinski definition) is 4. The molecule has 1 fully saturated rings. The average molecular weight is 347 g/mol. The van der Waals surface area contributed by atoms with Crippen LogP contribution in [0.25, 0.3) is 0 Å². The summed E-state index contributed by atoms with van der Waals surface area (Å²) in [5, 5.41) is 0. The zero-order valence-electron chi connectivity index (χ0n) is 13.7. The normalized spacial score (nSPS) is 15.4. The molecule has 2 heterocycles. The number of carbonyl (C=O) groups excluding carboxylic acids is 1. The molecule has 0 bridgehead atoms. The molecule has 1 amide bonds. The van der Waals surface area contributed by atoms with Crippen LogP contribution in [0.4, 0.5) is 0 Å². The van der Waals surface area contributed by atoms with Crippen molar-refractivity contribution in [1.82, 2.24) is 19.8 Å². The largest absolute Gasteiger partial charge is 0.337 e. The lowest BCUT2D eigenvalue weighted by atomic mass is 10.1. The SMILES string of the molecule is Cl.O=C(c1cncnc1)N1CCCN(CCc2ccccc2)CC1. The zero-order chi connectivity index (χ0) is 15.9. The van der Waals surface area contributed by atoms with E-state index in [-0.39, 0.29) is 18.3 Å². The molecular weight excluding hydrogens is 324 g/mol. The Morgan fingerprint density at radius 1 is 1.00 bits per heavy atom. The number of hydrogen-bond donors (Lipinski definition) is 0. The summed E-state index contributed by atoms with van der Waals surface area (Å²) in [6.45, 7) is 4.58. The Morgan fingerprint density at radius 3 is 2.50 bits per heavy atom. The van der Waals surface area contributed by atoms with Gasteiger partial charge < -0.3 is 9.80 Å². The van der Waals surface area contributed by atoms with E-state index in [0.717, 1.165) is 45.6 Å². The van der Waals surface area contributed by atoms with Crippen molar-refractivity contribution in [3.05, 3.63) is 60.2 Å². The number of nitrogens with zero attached hydrogens (tertiary/aromatic N) is 4. The molecule has 2 aromatic rings. The molecule has 0 spiro atoms. The fourth-order valence-electron chi connectivity index (χ4n) is 2.92. The number of rotatable bonds is 4.